The summed E-state index contributed by atoms with van der Waals surface area (Å²) in [5, 5.41) is 4.13. The van der Waals surface area contributed by atoms with Crippen LogP contribution in [0.15, 0.2) is 60.2 Å². The molecule has 3 rings (SSSR count). The van der Waals surface area contributed by atoms with Gasteiger partial charge in [0.1, 0.15) is 6.61 Å². The zero-order chi connectivity index (χ0) is 22.6. The van der Waals surface area contributed by atoms with E-state index in [1.54, 1.807) is 6.21 Å². The molecule has 7 nitrogen and oxygen atoms in total. The molecule has 7 heteroatoms. The molecule has 0 spiro atoms. The van der Waals surface area contributed by atoms with Crippen LogP contribution in [0.2, 0.25) is 0 Å². The predicted octanol–water partition coefficient (Wildman–Crippen LogP) is 3.18. The minimum atomic E-state index is -0.151. The van der Waals surface area contributed by atoms with Gasteiger partial charge in [-0.05, 0) is 36.6 Å². The number of nitrogens with zero attached hydrogens (tertiary/aromatic N) is 2. The Kier molecular flexibility index (Phi) is 9.28. The highest BCUT2D eigenvalue weighted by Crippen LogP contribution is 2.34. The highest BCUT2D eigenvalue weighted by molar-refractivity contribution is 5.84. The van der Waals surface area contributed by atoms with Crippen molar-refractivity contribution in [1.82, 2.24) is 10.3 Å². The Balaban J connectivity index is 1.70. The summed E-state index contributed by atoms with van der Waals surface area (Å²) < 4.78 is 17.3. The van der Waals surface area contributed by atoms with E-state index in [4.69, 9.17) is 14.2 Å². The first-order valence-electron chi connectivity index (χ1n) is 10.9. The maximum atomic E-state index is 12.1. The van der Waals surface area contributed by atoms with Crippen LogP contribution in [0.25, 0.3) is 0 Å². The molecule has 0 aromatic heterocycles. The zero-order valence-corrected chi connectivity index (χ0v) is 18.6. The number of allylic oxidation sites excluding steroid dienone is 1. The molecule has 0 aliphatic carbocycles. The lowest BCUT2D eigenvalue weighted by molar-refractivity contribution is -0.123. The fourth-order valence-electron chi connectivity index (χ4n) is 3.40. The van der Waals surface area contributed by atoms with Crippen LogP contribution in [0, 0.1) is 0 Å². The number of carbonyl (C=O) groups is 1. The van der Waals surface area contributed by atoms with E-state index in [1.807, 2.05) is 60.4 Å². The number of nitrogens with one attached hydrogen (secondary N) is 1. The van der Waals surface area contributed by atoms with Gasteiger partial charge in [-0.3, -0.25) is 9.69 Å². The van der Waals surface area contributed by atoms with Gasteiger partial charge in [0.15, 0.2) is 11.5 Å². The third-order valence-corrected chi connectivity index (χ3v) is 4.92. The van der Waals surface area contributed by atoms with Gasteiger partial charge in [-0.2, -0.15) is 5.10 Å². The lowest BCUT2D eigenvalue weighted by Gasteiger charge is -2.25. The topological polar surface area (TPSA) is 72.4 Å². The molecule has 1 aliphatic heterocycles. The summed E-state index contributed by atoms with van der Waals surface area (Å²) in [4.78, 5) is 14.2. The van der Waals surface area contributed by atoms with Gasteiger partial charge in [0.05, 0.1) is 32.6 Å². The fraction of sp³-hybridized carbons (Fsp3) is 0.360. The number of morpholine rings is 1. The zero-order valence-electron chi connectivity index (χ0n) is 18.6. The SMILES string of the molecule is C=CCc1cc(/C=N\NC(=O)CN2CCOCC2)cc(OCC)c1OCc1ccccc1. The van der Waals surface area contributed by atoms with E-state index in [0.717, 1.165) is 29.8 Å². The van der Waals surface area contributed by atoms with Crippen molar-refractivity contribution in [3.05, 3.63) is 71.8 Å². The van der Waals surface area contributed by atoms with Crippen LogP contribution in [0.1, 0.15) is 23.6 Å². The van der Waals surface area contributed by atoms with Crippen molar-refractivity contribution in [3.8, 4) is 11.5 Å². The number of amides is 1. The molecule has 1 aliphatic rings. The molecule has 1 amide bonds. The first kappa shape index (κ1) is 23.5. The number of rotatable bonds is 11. The van der Waals surface area contributed by atoms with Crippen molar-refractivity contribution in [2.24, 2.45) is 5.10 Å². The van der Waals surface area contributed by atoms with E-state index in [2.05, 4.69) is 17.1 Å². The number of carbonyl (C=O) groups excluding carboxylic acids is 1. The van der Waals surface area contributed by atoms with Crippen LogP contribution in [0.5, 0.6) is 11.5 Å². The van der Waals surface area contributed by atoms with Crippen LogP contribution in [-0.2, 0) is 22.6 Å². The fourth-order valence-corrected chi connectivity index (χ4v) is 3.40. The molecule has 1 N–H and O–H groups in total. The lowest BCUT2D eigenvalue weighted by atomic mass is 10.1. The van der Waals surface area contributed by atoms with Gasteiger partial charge in [0, 0.05) is 18.7 Å². The molecule has 0 bridgehead atoms. The maximum absolute atomic E-state index is 12.1. The third kappa shape index (κ3) is 7.21. The van der Waals surface area contributed by atoms with Crippen LogP contribution >= 0.6 is 0 Å². The molecule has 2 aromatic carbocycles. The Bertz CT molecular complexity index is 909. The van der Waals surface area contributed by atoms with Crippen LogP contribution in [-0.4, -0.2) is 56.5 Å². The number of hydrogen-bond donors (Lipinski definition) is 1. The van der Waals surface area contributed by atoms with E-state index in [-0.39, 0.29) is 5.91 Å². The summed E-state index contributed by atoms with van der Waals surface area (Å²) in [6.45, 7) is 9.86. The summed E-state index contributed by atoms with van der Waals surface area (Å²) >= 11 is 0. The molecule has 170 valence electrons. The molecule has 1 fully saturated rings. The summed E-state index contributed by atoms with van der Waals surface area (Å²) in [5.74, 6) is 1.19. The Morgan fingerprint density at radius 3 is 2.72 bits per heavy atom. The average molecular weight is 438 g/mol. The van der Waals surface area contributed by atoms with Gasteiger partial charge in [0.25, 0.3) is 5.91 Å². The van der Waals surface area contributed by atoms with Crippen LogP contribution < -0.4 is 14.9 Å². The summed E-state index contributed by atoms with van der Waals surface area (Å²) in [7, 11) is 0. The normalized spacial score (nSPS) is 14.3. The predicted molar refractivity (Wildman–Crippen MR) is 125 cm³/mol. The Labute approximate surface area is 189 Å². The second kappa shape index (κ2) is 12.6. The van der Waals surface area contributed by atoms with E-state index >= 15 is 0 Å². The van der Waals surface area contributed by atoms with E-state index in [0.29, 0.717) is 50.9 Å². The first-order chi connectivity index (χ1) is 15.7. The van der Waals surface area contributed by atoms with E-state index < -0.39 is 0 Å². The van der Waals surface area contributed by atoms with E-state index in [1.165, 1.54) is 0 Å². The van der Waals surface area contributed by atoms with Gasteiger partial charge >= 0.3 is 0 Å². The number of ether oxygens (including phenoxy) is 3. The van der Waals surface area contributed by atoms with Gasteiger partial charge in [-0.1, -0.05) is 36.4 Å². The molecular formula is C25H31N3O4. The smallest absolute Gasteiger partial charge is 0.254 e. The van der Waals surface area contributed by atoms with Gasteiger partial charge in [-0.25, -0.2) is 5.43 Å². The summed E-state index contributed by atoms with van der Waals surface area (Å²) in [6, 6.07) is 13.8. The van der Waals surface area contributed by atoms with Crippen molar-refractivity contribution in [2.45, 2.75) is 20.0 Å². The van der Waals surface area contributed by atoms with Crippen LogP contribution in [0.3, 0.4) is 0 Å². The van der Waals surface area contributed by atoms with Crippen LogP contribution in [0.4, 0.5) is 0 Å². The maximum Gasteiger partial charge on any atom is 0.254 e. The molecule has 0 unspecified atom stereocenters. The van der Waals surface area contributed by atoms with Crippen molar-refractivity contribution >= 4 is 12.1 Å². The monoisotopic (exact) mass is 437 g/mol. The highest BCUT2D eigenvalue weighted by atomic mass is 16.5. The molecule has 0 atom stereocenters. The molecule has 32 heavy (non-hydrogen) atoms. The average Bonchev–Trinajstić information content (AvgIpc) is 2.80. The largest absolute Gasteiger partial charge is 0.490 e. The van der Waals surface area contributed by atoms with Crippen molar-refractivity contribution in [1.29, 1.82) is 0 Å². The summed E-state index contributed by atoms with van der Waals surface area (Å²) in [5.41, 5.74) is 5.43. The molecule has 2 aromatic rings. The minimum absolute atomic E-state index is 0.151. The lowest BCUT2D eigenvalue weighted by Crippen LogP contribution is -2.42. The van der Waals surface area contributed by atoms with Gasteiger partial charge < -0.3 is 14.2 Å². The van der Waals surface area contributed by atoms with E-state index in [9.17, 15) is 4.79 Å². The number of benzene rings is 2. The number of hydrazone groups is 1. The molecule has 0 saturated carbocycles. The number of hydrogen-bond acceptors (Lipinski definition) is 6. The molecule has 0 radical (unpaired) electrons. The van der Waals surface area contributed by atoms with Gasteiger partial charge in [0.2, 0.25) is 0 Å². The van der Waals surface area contributed by atoms with Crippen molar-refractivity contribution < 1.29 is 19.0 Å². The van der Waals surface area contributed by atoms with Crippen molar-refractivity contribution in [2.75, 3.05) is 39.5 Å². The second-order valence-electron chi connectivity index (χ2n) is 7.39. The van der Waals surface area contributed by atoms with Gasteiger partial charge in [-0.15, -0.1) is 6.58 Å². The van der Waals surface area contributed by atoms with Crippen molar-refractivity contribution in [3.63, 3.8) is 0 Å². The Hall–Kier alpha value is -3.16. The Morgan fingerprint density at radius 2 is 2.00 bits per heavy atom. The molecule has 1 saturated heterocycles. The Morgan fingerprint density at radius 1 is 1.22 bits per heavy atom. The third-order valence-electron chi connectivity index (χ3n) is 4.92. The quantitative estimate of drug-likeness (QED) is 0.332. The second-order valence-corrected chi connectivity index (χ2v) is 7.39. The first-order valence-corrected chi connectivity index (χ1v) is 10.9. The molecular weight excluding hydrogens is 406 g/mol. The highest BCUT2D eigenvalue weighted by Gasteiger charge is 2.15. The standard InChI is InChI=1S/C25H31N3O4/c1-3-8-22-15-21(17-26-27-24(29)18-28-11-13-30-14-12-28)16-23(31-4-2)25(22)32-19-20-9-6-5-7-10-20/h3,5-7,9-10,15-17H,1,4,8,11-14,18-19H2,2H3,(H,27,29)/b26-17-. The minimum Gasteiger partial charge on any atom is -0.490 e. The molecule has 1 heterocycles. The summed E-state index contributed by atoms with van der Waals surface area (Å²) in [6.07, 6.45) is 4.06.